The van der Waals surface area contributed by atoms with Crippen LogP contribution in [0.4, 0.5) is 4.79 Å². The number of hydroxylamine groups is 2. The maximum absolute atomic E-state index is 12.2. The Kier molecular flexibility index (Phi) is 3.34. The van der Waals surface area contributed by atoms with Crippen LogP contribution in [0.25, 0.3) is 0 Å². The van der Waals surface area contributed by atoms with Gasteiger partial charge in [0.05, 0.1) is 6.04 Å². The third-order valence-electron chi connectivity index (χ3n) is 3.57. The molecule has 1 aromatic rings. The van der Waals surface area contributed by atoms with Gasteiger partial charge in [0.15, 0.2) is 0 Å². The molecule has 0 aromatic carbocycles. The summed E-state index contributed by atoms with van der Waals surface area (Å²) >= 11 is 0. The number of aromatic nitrogens is 2. The third-order valence-corrected chi connectivity index (χ3v) is 3.92. The smallest absolute Gasteiger partial charge is 0.418 e. The van der Waals surface area contributed by atoms with Gasteiger partial charge in [0.25, 0.3) is 0 Å². The van der Waals surface area contributed by atoms with Crippen molar-refractivity contribution in [3.05, 3.63) is 11.8 Å². The van der Waals surface area contributed by atoms with Crippen molar-refractivity contribution in [1.29, 1.82) is 0 Å². The van der Waals surface area contributed by atoms with Crippen molar-refractivity contribution in [3.8, 4) is 0 Å². The highest BCUT2D eigenvalue weighted by Gasteiger charge is 2.49. The zero-order valence-electron chi connectivity index (χ0n) is 11.2. The summed E-state index contributed by atoms with van der Waals surface area (Å²) in [7, 11) is -4.73. The molecule has 3 heterocycles. The van der Waals surface area contributed by atoms with E-state index in [4.69, 9.17) is 8.97 Å². The SMILES string of the molecule is CCc1nnc([C@H]2CC[C@H]3CN2C(=O)N3OS(=O)(=O)O)o1. The minimum absolute atomic E-state index is 0.281. The Balaban J connectivity index is 1.82. The Hall–Kier alpha value is -1.72. The second kappa shape index (κ2) is 4.93. The van der Waals surface area contributed by atoms with Crippen LogP contribution in [-0.2, 0) is 21.1 Å². The van der Waals surface area contributed by atoms with Crippen molar-refractivity contribution < 1.29 is 26.5 Å². The van der Waals surface area contributed by atoms with Crippen molar-refractivity contribution in [2.24, 2.45) is 0 Å². The first-order valence-electron chi connectivity index (χ1n) is 6.48. The van der Waals surface area contributed by atoms with E-state index in [1.807, 2.05) is 6.92 Å². The number of carbonyl (C=O) groups excluding carboxylic acids is 1. The van der Waals surface area contributed by atoms with Crippen LogP contribution in [0.5, 0.6) is 0 Å². The molecule has 0 aliphatic carbocycles. The lowest BCUT2D eigenvalue weighted by Gasteiger charge is -2.27. The van der Waals surface area contributed by atoms with E-state index in [1.54, 1.807) is 0 Å². The molecular weight excluding hydrogens is 304 g/mol. The number of amides is 2. The Morgan fingerprint density at radius 1 is 1.43 bits per heavy atom. The average Bonchev–Trinajstić information content (AvgIpc) is 2.98. The van der Waals surface area contributed by atoms with Gasteiger partial charge in [0, 0.05) is 13.0 Å². The topological polar surface area (TPSA) is 126 Å². The summed E-state index contributed by atoms with van der Waals surface area (Å²) in [6.07, 6.45) is 1.65. The molecular formula is C10H14N4O6S. The summed E-state index contributed by atoms with van der Waals surface area (Å²) in [6, 6.07) is -1.47. The van der Waals surface area contributed by atoms with E-state index in [-0.39, 0.29) is 6.54 Å². The van der Waals surface area contributed by atoms with Crippen LogP contribution in [0.2, 0.25) is 0 Å². The molecule has 2 fully saturated rings. The van der Waals surface area contributed by atoms with Gasteiger partial charge in [0.1, 0.15) is 6.04 Å². The average molecular weight is 318 g/mol. The zero-order chi connectivity index (χ0) is 15.2. The largest absolute Gasteiger partial charge is 0.423 e. The van der Waals surface area contributed by atoms with Gasteiger partial charge in [-0.1, -0.05) is 6.92 Å². The van der Waals surface area contributed by atoms with Gasteiger partial charge in [-0.05, 0) is 12.8 Å². The molecule has 1 aromatic heterocycles. The fraction of sp³-hybridized carbons (Fsp3) is 0.700. The second-order valence-corrected chi connectivity index (χ2v) is 5.90. The van der Waals surface area contributed by atoms with Gasteiger partial charge in [-0.2, -0.15) is 13.5 Å². The molecule has 2 aliphatic rings. The van der Waals surface area contributed by atoms with Gasteiger partial charge >= 0.3 is 16.4 Å². The highest BCUT2D eigenvalue weighted by Crippen LogP contribution is 2.38. The van der Waals surface area contributed by atoms with E-state index in [0.717, 1.165) is 0 Å². The Morgan fingerprint density at radius 2 is 2.19 bits per heavy atom. The fourth-order valence-electron chi connectivity index (χ4n) is 2.63. The summed E-state index contributed by atoms with van der Waals surface area (Å²) in [5, 5.41) is 8.47. The van der Waals surface area contributed by atoms with Crippen LogP contribution in [0.3, 0.4) is 0 Å². The number of piperidine rings is 1. The maximum Gasteiger partial charge on any atom is 0.418 e. The van der Waals surface area contributed by atoms with Crippen molar-refractivity contribution in [2.75, 3.05) is 6.54 Å². The van der Waals surface area contributed by atoms with Gasteiger partial charge < -0.3 is 9.32 Å². The molecule has 2 aliphatic heterocycles. The molecule has 0 spiro atoms. The first kappa shape index (κ1) is 14.2. The normalized spacial score (nSPS) is 25.7. The zero-order valence-corrected chi connectivity index (χ0v) is 12.0. The number of rotatable bonds is 4. The predicted molar refractivity (Wildman–Crippen MR) is 66.0 cm³/mol. The number of fused-ring (bicyclic) bond motifs is 2. The third kappa shape index (κ3) is 2.59. The molecule has 116 valence electrons. The van der Waals surface area contributed by atoms with E-state index >= 15 is 0 Å². The molecule has 0 saturated carbocycles. The summed E-state index contributed by atoms with van der Waals surface area (Å²) in [5.74, 6) is 0.803. The molecule has 2 bridgehead atoms. The quantitative estimate of drug-likeness (QED) is 0.786. The highest BCUT2D eigenvalue weighted by molar-refractivity contribution is 7.80. The Bertz CT molecular complexity index is 658. The summed E-state index contributed by atoms with van der Waals surface area (Å²) in [6.45, 7) is 2.15. The second-order valence-electron chi connectivity index (χ2n) is 4.90. The van der Waals surface area contributed by atoms with E-state index in [9.17, 15) is 13.2 Å². The molecule has 0 radical (unpaired) electrons. The molecule has 2 atom stereocenters. The van der Waals surface area contributed by atoms with Gasteiger partial charge in [-0.3, -0.25) is 4.55 Å². The minimum atomic E-state index is -4.73. The first-order chi connectivity index (χ1) is 9.89. The minimum Gasteiger partial charge on any atom is -0.423 e. The fourth-order valence-corrected chi connectivity index (χ4v) is 3.02. The lowest BCUT2D eigenvalue weighted by Crippen LogP contribution is -2.35. The van der Waals surface area contributed by atoms with Gasteiger partial charge in [-0.15, -0.1) is 14.5 Å². The van der Waals surface area contributed by atoms with Crippen molar-refractivity contribution in [2.45, 2.75) is 38.3 Å². The van der Waals surface area contributed by atoms with E-state index < -0.39 is 28.5 Å². The van der Waals surface area contributed by atoms with Gasteiger partial charge in [0.2, 0.25) is 11.8 Å². The Labute approximate surface area is 120 Å². The van der Waals surface area contributed by atoms with Gasteiger partial charge in [-0.25, -0.2) is 4.79 Å². The van der Waals surface area contributed by atoms with Crippen LogP contribution >= 0.6 is 0 Å². The van der Waals surface area contributed by atoms with E-state index in [2.05, 4.69) is 14.5 Å². The molecule has 3 rings (SSSR count). The monoisotopic (exact) mass is 318 g/mol. The maximum atomic E-state index is 12.2. The van der Waals surface area contributed by atoms with Crippen molar-refractivity contribution in [1.82, 2.24) is 20.2 Å². The highest BCUT2D eigenvalue weighted by atomic mass is 32.3. The molecule has 0 unspecified atom stereocenters. The van der Waals surface area contributed by atoms with E-state index in [1.165, 1.54) is 4.90 Å². The number of hydrogen-bond donors (Lipinski definition) is 1. The van der Waals surface area contributed by atoms with Crippen LogP contribution in [0.1, 0.15) is 37.6 Å². The number of hydrogen-bond acceptors (Lipinski definition) is 7. The lowest BCUT2D eigenvalue weighted by atomic mass is 10.0. The van der Waals surface area contributed by atoms with Crippen LogP contribution in [0, 0.1) is 0 Å². The molecule has 2 saturated heterocycles. The number of urea groups is 1. The lowest BCUT2D eigenvalue weighted by molar-refractivity contribution is -0.0317. The first-order valence-corrected chi connectivity index (χ1v) is 7.84. The van der Waals surface area contributed by atoms with E-state index in [0.29, 0.717) is 36.1 Å². The number of nitrogens with zero attached hydrogens (tertiary/aromatic N) is 4. The predicted octanol–water partition coefficient (Wildman–Crippen LogP) is 0.308. The van der Waals surface area contributed by atoms with Crippen LogP contribution < -0.4 is 0 Å². The molecule has 2 amide bonds. The van der Waals surface area contributed by atoms with Crippen LogP contribution in [0.15, 0.2) is 4.42 Å². The summed E-state index contributed by atoms with van der Waals surface area (Å²) in [5.41, 5.74) is 0. The molecule has 10 nitrogen and oxygen atoms in total. The number of aryl methyl sites for hydroxylation is 1. The molecule has 11 heteroatoms. The van der Waals surface area contributed by atoms with Crippen LogP contribution in [-0.4, -0.2) is 51.7 Å². The number of carbonyl (C=O) groups is 1. The van der Waals surface area contributed by atoms with Crippen molar-refractivity contribution >= 4 is 16.4 Å². The Morgan fingerprint density at radius 3 is 2.81 bits per heavy atom. The standard InChI is InChI=1S/C10H14N4O6S/c1-2-8-11-12-9(19-8)7-4-3-6-5-13(7)10(15)14(6)20-21(16,17)18/h6-7H,2-5H2,1H3,(H,16,17,18)/t6-,7+/m0/s1. The molecule has 21 heavy (non-hydrogen) atoms. The summed E-state index contributed by atoms with van der Waals surface area (Å²) < 4.78 is 40.1. The van der Waals surface area contributed by atoms with Crippen molar-refractivity contribution in [3.63, 3.8) is 0 Å². The summed E-state index contributed by atoms with van der Waals surface area (Å²) in [4.78, 5) is 13.6. The molecule has 1 N–H and O–H groups in total.